The summed E-state index contributed by atoms with van der Waals surface area (Å²) in [5, 5.41) is 11.8. The molecule has 1 fully saturated rings. The maximum Gasteiger partial charge on any atom is 0.329 e. The number of carboxylic acid groups (broad SMARTS) is 1. The summed E-state index contributed by atoms with van der Waals surface area (Å²) in [5.41, 5.74) is 1.89. The lowest BCUT2D eigenvalue weighted by atomic mass is 9.82. The van der Waals surface area contributed by atoms with Gasteiger partial charge in [0.25, 0.3) is 0 Å². The van der Waals surface area contributed by atoms with Crippen LogP contribution in [0.25, 0.3) is 0 Å². The summed E-state index contributed by atoms with van der Waals surface area (Å²) in [6.07, 6.45) is 12.0. The maximum atomic E-state index is 13.0. The van der Waals surface area contributed by atoms with E-state index >= 15 is 0 Å². The molecule has 0 aromatic heterocycles. The number of carbonyl (C=O) groups excluding carboxylic acids is 1. The quantitative estimate of drug-likeness (QED) is 0.683. The van der Waals surface area contributed by atoms with Gasteiger partial charge in [0.2, 0.25) is 0 Å². The number of nitrogens with one attached hydrogen (secondary N) is 1. The number of anilines is 1. The Balaban J connectivity index is 1.50. The highest BCUT2D eigenvalue weighted by atomic mass is 16.5. The number of hydrogen-bond donors (Lipinski definition) is 2. The predicted octanol–water partition coefficient (Wildman–Crippen LogP) is 4.34. The van der Waals surface area contributed by atoms with Gasteiger partial charge in [-0.2, -0.15) is 0 Å². The van der Waals surface area contributed by atoms with Crippen molar-refractivity contribution >= 4 is 17.7 Å². The van der Waals surface area contributed by atoms with Gasteiger partial charge in [-0.3, -0.25) is 4.90 Å². The fraction of sp³-hybridized carbons (Fsp3) is 0.478. The van der Waals surface area contributed by atoms with E-state index in [0.717, 1.165) is 49.9 Å². The molecule has 1 aromatic carbocycles. The molecular weight excluding hydrogens is 368 g/mol. The van der Waals surface area contributed by atoms with E-state index in [1.54, 1.807) is 4.90 Å². The van der Waals surface area contributed by atoms with Crippen LogP contribution < -0.4 is 10.2 Å². The summed E-state index contributed by atoms with van der Waals surface area (Å²) in [6.45, 7) is 0.944. The minimum absolute atomic E-state index is 0.0790. The van der Waals surface area contributed by atoms with Crippen molar-refractivity contribution in [1.29, 1.82) is 0 Å². The van der Waals surface area contributed by atoms with E-state index < -0.39 is 5.97 Å². The topological polar surface area (TPSA) is 78.9 Å². The van der Waals surface area contributed by atoms with E-state index in [9.17, 15) is 9.59 Å². The molecule has 0 bridgehead atoms. The minimum atomic E-state index is -0.923. The molecule has 0 spiro atoms. The number of carboxylic acids is 1. The Morgan fingerprint density at radius 1 is 1.10 bits per heavy atom. The van der Waals surface area contributed by atoms with E-state index in [1.165, 1.54) is 0 Å². The van der Waals surface area contributed by atoms with Crippen LogP contribution in [-0.4, -0.2) is 36.9 Å². The molecule has 0 heterocycles. The van der Waals surface area contributed by atoms with E-state index in [1.807, 2.05) is 42.5 Å². The Labute approximate surface area is 172 Å². The third kappa shape index (κ3) is 6.46. The molecular formula is C23H30N2O4. The van der Waals surface area contributed by atoms with E-state index in [-0.39, 0.29) is 12.6 Å². The summed E-state index contributed by atoms with van der Waals surface area (Å²) >= 11 is 0. The lowest BCUT2D eigenvalue weighted by Gasteiger charge is -2.30. The van der Waals surface area contributed by atoms with Crippen molar-refractivity contribution in [3.8, 4) is 0 Å². The van der Waals surface area contributed by atoms with Crippen LogP contribution in [0.15, 0.2) is 54.3 Å². The highest BCUT2D eigenvalue weighted by Crippen LogP contribution is 2.29. The second-order valence-corrected chi connectivity index (χ2v) is 7.78. The molecule has 1 saturated carbocycles. The summed E-state index contributed by atoms with van der Waals surface area (Å²) in [5.74, 6) is -0.0539. The molecule has 6 heteroatoms. The smallest absolute Gasteiger partial charge is 0.329 e. The number of rotatable bonds is 8. The van der Waals surface area contributed by atoms with Crippen LogP contribution in [0.2, 0.25) is 0 Å². The average molecular weight is 399 g/mol. The van der Waals surface area contributed by atoms with Crippen molar-refractivity contribution in [1.82, 2.24) is 5.32 Å². The van der Waals surface area contributed by atoms with Crippen molar-refractivity contribution in [2.45, 2.75) is 38.5 Å². The second kappa shape index (κ2) is 10.8. The standard InChI is InChI=1S/C23H30N2O4/c26-22(27)17-29-16-19-13-11-18(12-14-19)15-24-23(28)25(20-7-3-1-4-8-20)21-9-5-2-6-10-21/h1-5,7-9,18-19H,6,10-17H2,(H,24,28)(H,26,27). The molecule has 2 N–H and O–H groups in total. The molecule has 2 aliphatic rings. The van der Waals surface area contributed by atoms with Gasteiger partial charge in [-0.05, 0) is 68.6 Å². The number of benzene rings is 1. The molecule has 1 aromatic rings. The Morgan fingerprint density at radius 3 is 2.48 bits per heavy atom. The van der Waals surface area contributed by atoms with Crippen LogP contribution in [-0.2, 0) is 9.53 Å². The largest absolute Gasteiger partial charge is 0.480 e. The third-order valence-corrected chi connectivity index (χ3v) is 5.58. The number of amides is 2. The zero-order valence-corrected chi connectivity index (χ0v) is 16.8. The molecule has 29 heavy (non-hydrogen) atoms. The molecule has 0 unspecified atom stereocenters. The van der Waals surface area contributed by atoms with Gasteiger partial charge in [0.05, 0.1) is 12.3 Å². The molecule has 2 amide bonds. The van der Waals surface area contributed by atoms with Crippen LogP contribution in [0.5, 0.6) is 0 Å². The van der Waals surface area contributed by atoms with Gasteiger partial charge in [0, 0.05) is 12.2 Å². The van der Waals surface area contributed by atoms with Crippen LogP contribution in [0.3, 0.4) is 0 Å². The average Bonchev–Trinajstić information content (AvgIpc) is 2.75. The Bertz CT molecular complexity index is 737. The SMILES string of the molecule is O=C(O)COCC1CCC(CNC(=O)N(C2=CC=CCC2)c2ccccc2)CC1. The summed E-state index contributed by atoms with van der Waals surface area (Å²) < 4.78 is 5.23. The van der Waals surface area contributed by atoms with E-state index in [2.05, 4.69) is 11.4 Å². The van der Waals surface area contributed by atoms with Gasteiger partial charge < -0.3 is 15.2 Å². The van der Waals surface area contributed by atoms with Gasteiger partial charge in [0.15, 0.2) is 0 Å². The molecule has 6 nitrogen and oxygen atoms in total. The summed E-state index contributed by atoms with van der Waals surface area (Å²) in [4.78, 5) is 25.4. The zero-order valence-electron chi connectivity index (χ0n) is 16.8. The van der Waals surface area contributed by atoms with Crippen molar-refractivity contribution in [2.24, 2.45) is 11.8 Å². The van der Waals surface area contributed by atoms with Crippen LogP contribution in [0.4, 0.5) is 10.5 Å². The highest BCUT2D eigenvalue weighted by molar-refractivity contribution is 5.95. The fourth-order valence-electron chi connectivity index (χ4n) is 3.99. The molecule has 0 atom stereocenters. The van der Waals surface area contributed by atoms with Crippen LogP contribution in [0.1, 0.15) is 38.5 Å². The first-order valence-electron chi connectivity index (χ1n) is 10.4. The van der Waals surface area contributed by atoms with E-state index in [4.69, 9.17) is 9.84 Å². The lowest BCUT2D eigenvalue weighted by molar-refractivity contribution is -0.142. The first-order chi connectivity index (χ1) is 14.1. The first kappa shape index (κ1) is 21.1. The van der Waals surface area contributed by atoms with Gasteiger partial charge in [-0.1, -0.05) is 30.4 Å². The van der Waals surface area contributed by atoms with Gasteiger partial charge in [-0.15, -0.1) is 0 Å². The molecule has 0 aliphatic heterocycles. The number of nitrogens with zero attached hydrogens (tertiary/aromatic N) is 1. The van der Waals surface area contributed by atoms with Crippen LogP contribution in [0, 0.1) is 11.8 Å². The Hall–Kier alpha value is -2.60. The number of hydrogen-bond acceptors (Lipinski definition) is 3. The fourth-order valence-corrected chi connectivity index (χ4v) is 3.99. The Morgan fingerprint density at radius 2 is 1.83 bits per heavy atom. The normalized spacial score (nSPS) is 21.3. The number of para-hydroxylation sites is 1. The van der Waals surface area contributed by atoms with Crippen molar-refractivity contribution < 1.29 is 19.4 Å². The Kier molecular flexibility index (Phi) is 7.87. The number of aliphatic carboxylic acids is 1. The number of ether oxygens (including phenoxy) is 1. The van der Waals surface area contributed by atoms with Gasteiger partial charge >= 0.3 is 12.0 Å². The second-order valence-electron chi connectivity index (χ2n) is 7.78. The zero-order chi connectivity index (χ0) is 20.5. The monoisotopic (exact) mass is 398 g/mol. The molecule has 3 rings (SSSR count). The summed E-state index contributed by atoms with van der Waals surface area (Å²) in [7, 11) is 0. The maximum absolute atomic E-state index is 13.0. The molecule has 0 radical (unpaired) electrons. The first-order valence-corrected chi connectivity index (χ1v) is 10.4. The van der Waals surface area contributed by atoms with Crippen molar-refractivity contribution in [2.75, 3.05) is 24.7 Å². The van der Waals surface area contributed by atoms with Crippen molar-refractivity contribution in [3.63, 3.8) is 0 Å². The van der Waals surface area contributed by atoms with Gasteiger partial charge in [0.1, 0.15) is 6.61 Å². The number of allylic oxidation sites excluding steroid dienone is 4. The molecule has 156 valence electrons. The van der Waals surface area contributed by atoms with E-state index in [0.29, 0.717) is 25.0 Å². The number of carbonyl (C=O) groups is 2. The lowest BCUT2D eigenvalue weighted by Crippen LogP contribution is -2.42. The molecule has 2 aliphatic carbocycles. The third-order valence-electron chi connectivity index (χ3n) is 5.58. The van der Waals surface area contributed by atoms with Gasteiger partial charge in [-0.25, -0.2) is 9.59 Å². The van der Waals surface area contributed by atoms with Crippen molar-refractivity contribution in [3.05, 3.63) is 54.3 Å². The predicted molar refractivity (Wildman–Crippen MR) is 113 cm³/mol. The molecule has 0 saturated heterocycles. The summed E-state index contributed by atoms with van der Waals surface area (Å²) in [6, 6.07) is 9.69. The highest BCUT2D eigenvalue weighted by Gasteiger charge is 2.24. The van der Waals surface area contributed by atoms with Crippen LogP contribution >= 0.6 is 0 Å². The number of urea groups is 1. The minimum Gasteiger partial charge on any atom is -0.480 e.